The van der Waals surface area contributed by atoms with E-state index in [0.717, 1.165) is 17.7 Å². The number of aromatic nitrogens is 2. The van der Waals surface area contributed by atoms with Gasteiger partial charge in [-0.1, -0.05) is 60.7 Å². The second kappa shape index (κ2) is 6.02. The van der Waals surface area contributed by atoms with Gasteiger partial charge >= 0.3 is 0 Å². The predicted octanol–water partition coefficient (Wildman–Crippen LogP) is 4.33. The van der Waals surface area contributed by atoms with Crippen molar-refractivity contribution < 1.29 is 0 Å². The number of hydrogen-bond acceptors (Lipinski definition) is 1. The van der Waals surface area contributed by atoms with E-state index in [1.165, 1.54) is 5.57 Å². The zero-order valence-corrected chi connectivity index (χ0v) is 11.2. The molecular formula is C18H16N2. The van der Waals surface area contributed by atoms with Crippen molar-refractivity contribution in [3.63, 3.8) is 0 Å². The largest absolute Gasteiger partial charge is 0.240 e. The zero-order chi connectivity index (χ0) is 13.6. The van der Waals surface area contributed by atoms with Crippen molar-refractivity contribution in [2.45, 2.75) is 6.42 Å². The molecule has 0 spiro atoms. The number of hydrogen-bond donors (Lipinski definition) is 0. The molecule has 0 unspecified atom stereocenters. The quantitative estimate of drug-likeness (QED) is 0.803. The lowest BCUT2D eigenvalue weighted by molar-refractivity contribution is 0.878. The molecule has 0 radical (unpaired) electrons. The molecule has 1 aromatic heterocycles. The normalized spacial score (nSPS) is 14.5. The van der Waals surface area contributed by atoms with E-state index in [0.29, 0.717) is 0 Å². The highest BCUT2D eigenvalue weighted by atomic mass is 15.3. The summed E-state index contributed by atoms with van der Waals surface area (Å²) >= 11 is 0. The van der Waals surface area contributed by atoms with Crippen LogP contribution in [0.25, 0.3) is 11.8 Å². The van der Waals surface area contributed by atoms with Crippen molar-refractivity contribution in [2.75, 3.05) is 0 Å². The first kappa shape index (κ1) is 12.4. The van der Waals surface area contributed by atoms with Crippen LogP contribution in [0.2, 0.25) is 0 Å². The van der Waals surface area contributed by atoms with Crippen LogP contribution in [0.15, 0.2) is 84.8 Å². The van der Waals surface area contributed by atoms with Crippen LogP contribution >= 0.6 is 0 Å². The molecule has 98 valence electrons. The summed E-state index contributed by atoms with van der Waals surface area (Å²) in [5.41, 5.74) is 3.55. The molecule has 0 fully saturated rings. The first-order valence-corrected chi connectivity index (χ1v) is 6.73. The van der Waals surface area contributed by atoms with Gasteiger partial charge in [-0.25, -0.2) is 4.68 Å². The van der Waals surface area contributed by atoms with Gasteiger partial charge in [0.1, 0.15) is 0 Å². The summed E-state index contributed by atoms with van der Waals surface area (Å²) < 4.78 is 1.89. The van der Waals surface area contributed by atoms with E-state index in [-0.39, 0.29) is 0 Å². The molecule has 1 aliphatic carbocycles. The van der Waals surface area contributed by atoms with Crippen LogP contribution in [-0.4, -0.2) is 9.78 Å². The van der Waals surface area contributed by atoms with Gasteiger partial charge in [-0.05, 0) is 24.1 Å². The van der Waals surface area contributed by atoms with E-state index < -0.39 is 0 Å². The predicted molar refractivity (Wildman–Crippen MR) is 83.6 cm³/mol. The lowest BCUT2D eigenvalue weighted by atomic mass is 10.1. The Labute approximate surface area is 119 Å². The first-order valence-electron chi connectivity index (χ1n) is 6.73. The molecule has 0 saturated carbocycles. The van der Waals surface area contributed by atoms with E-state index >= 15 is 0 Å². The van der Waals surface area contributed by atoms with Gasteiger partial charge in [0.15, 0.2) is 0 Å². The molecule has 2 aromatic rings. The summed E-state index contributed by atoms with van der Waals surface area (Å²) in [5, 5.41) is 4.30. The molecule has 1 aromatic carbocycles. The molecule has 0 bridgehead atoms. The minimum absolute atomic E-state index is 0.966. The number of para-hydroxylation sites is 1. The molecule has 2 nitrogen and oxygen atoms in total. The maximum atomic E-state index is 4.30. The Bertz CT molecular complexity index is 686. The van der Waals surface area contributed by atoms with Crippen molar-refractivity contribution in [3.05, 3.63) is 90.3 Å². The number of rotatable bonds is 3. The summed E-state index contributed by atoms with van der Waals surface area (Å²) in [6.07, 6.45) is 19.6. The van der Waals surface area contributed by atoms with Crippen LogP contribution in [0, 0.1) is 0 Å². The van der Waals surface area contributed by atoms with Gasteiger partial charge in [0.05, 0.1) is 5.69 Å². The standard InChI is InChI=1S/C18H16N2/c1-2-4-9-16(8-3-1)12-13-17-10-5-6-11-18(17)20-15-7-14-19-20/h1-8,10-15H,9H2/b13-12+. The topological polar surface area (TPSA) is 17.8 Å². The molecule has 0 aliphatic heterocycles. The van der Waals surface area contributed by atoms with Gasteiger partial charge in [-0.2, -0.15) is 5.10 Å². The van der Waals surface area contributed by atoms with E-state index in [9.17, 15) is 0 Å². The molecule has 1 aliphatic rings. The van der Waals surface area contributed by atoms with Crippen molar-refractivity contribution in [1.29, 1.82) is 0 Å². The molecule has 3 rings (SSSR count). The smallest absolute Gasteiger partial charge is 0.0717 e. The number of nitrogens with zero attached hydrogens (tertiary/aromatic N) is 2. The molecule has 0 N–H and O–H groups in total. The lowest BCUT2D eigenvalue weighted by Gasteiger charge is -2.05. The maximum Gasteiger partial charge on any atom is 0.0717 e. The van der Waals surface area contributed by atoms with Crippen LogP contribution in [0.3, 0.4) is 0 Å². The van der Waals surface area contributed by atoms with Crippen molar-refractivity contribution in [1.82, 2.24) is 9.78 Å². The minimum atomic E-state index is 0.966. The maximum absolute atomic E-state index is 4.30. The number of benzene rings is 1. The van der Waals surface area contributed by atoms with Gasteiger partial charge in [0, 0.05) is 18.0 Å². The van der Waals surface area contributed by atoms with Gasteiger partial charge in [0.25, 0.3) is 0 Å². The fraction of sp³-hybridized carbons (Fsp3) is 0.0556. The van der Waals surface area contributed by atoms with E-state index in [1.807, 2.05) is 29.1 Å². The third kappa shape index (κ3) is 2.86. The van der Waals surface area contributed by atoms with Crippen molar-refractivity contribution >= 4 is 6.08 Å². The van der Waals surface area contributed by atoms with E-state index in [4.69, 9.17) is 0 Å². The second-order valence-corrected chi connectivity index (χ2v) is 4.60. The highest BCUT2D eigenvalue weighted by Crippen LogP contribution is 2.17. The molecular weight excluding hydrogens is 244 g/mol. The Kier molecular flexibility index (Phi) is 3.74. The SMILES string of the molecule is C1=CC=C(/C=C/c2ccccc2-n2cccn2)CC=C1. The highest BCUT2D eigenvalue weighted by Gasteiger charge is 2.01. The van der Waals surface area contributed by atoms with E-state index in [2.05, 4.69) is 59.8 Å². The number of allylic oxidation sites excluding steroid dienone is 7. The molecule has 2 heteroatoms. The van der Waals surface area contributed by atoms with Crippen LogP contribution in [0.4, 0.5) is 0 Å². The van der Waals surface area contributed by atoms with Crippen LogP contribution in [-0.2, 0) is 0 Å². The Morgan fingerprint density at radius 1 is 1.00 bits per heavy atom. The lowest BCUT2D eigenvalue weighted by Crippen LogP contribution is -1.96. The van der Waals surface area contributed by atoms with Crippen LogP contribution in [0.5, 0.6) is 0 Å². The van der Waals surface area contributed by atoms with Gasteiger partial charge < -0.3 is 0 Å². The third-order valence-corrected chi connectivity index (χ3v) is 3.19. The molecule has 1 heterocycles. The van der Waals surface area contributed by atoms with Gasteiger partial charge in [-0.15, -0.1) is 0 Å². The zero-order valence-electron chi connectivity index (χ0n) is 11.2. The van der Waals surface area contributed by atoms with Gasteiger partial charge in [0.2, 0.25) is 0 Å². The summed E-state index contributed by atoms with van der Waals surface area (Å²) in [5.74, 6) is 0. The Balaban J connectivity index is 1.90. The summed E-state index contributed by atoms with van der Waals surface area (Å²) in [6, 6.07) is 10.2. The monoisotopic (exact) mass is 260 g/mol. The summed E-state index contributed by atoms with van der Waals surface area (Å²) in [7, 11) is 0. The molecule has 0 saturated heterocycles. The summed E-state index contributed by atoms with van der Waals surface area (Å²) in [4.78, 5) is 0. The molecule has 20 heavy (non-hydrogen) atoms. The fourth-order valence-electron chi connectivity index (χ4n) is 2.16. The van der Waals surface area contributed by atoms with Crippen molar-refractivity contribution in [2.24, 2.45) is 0 Å². The third-order valence-electron chi connectivity index (χ3n) is 3.19. The van der Waals surface area contributed by atoms with E-state index in [1.54, 1.807) is 6.20 Å². The van der Waals surface area contributed by atoms with Gasteiger partial charge in [-0.3, -0.25) is 0 Å². The van der Waals surface area contributed by atoms with Crippen molar-refractivity contribution in [3.8, 4) is 5.69 Å². The van der Waals surface area contributed by atoms with Crippen LogP contribution in [0.1, 0.15) is 12.0 Å². The molecule has 0 amide bonds. The fourth-order valence-corrected chi connectivity index (χ4v) is 2.16. The first-order chi connectivity index (χ1) is 9.93. The van der Waals surface area contributed by atoms with Crippen LogP contribution < -0.4 is 0 Å². The average Bonchev–Trinajstić information content (AvgIpc) is 2.89. The summed E-state index contributed by atoms with van der Waals surface area (Å²) in [6.45, 7) is 0. The second-order valence-electron chi connectivity index (χ2n) is 4.60. The Hall–Kier alpha value is -2.61. The average molecular weight is 260 g/mol. The molecule has 0 atom stereocenters. The highest BCUT2D eigenvalue weighted by molar-refractivity contribution is 5.62. The Morgan fingerprint density at radius 3 is 2.85 bits per heavy atom. The minimum Gasteiger partial charge on any atom is -0.240 e. The Morgan fingerprint density at radius 2 is 1.95 bits per heavy atom.